The number of ether oxygens (including phenoxy) is 4. The number of carboxylic acid groups (broad SMARTS) is 1. The van der Waals surface area contributed by atoms with Gasteiger partial charge in [-0.25, -0.2) is 9.59 Å². The Kier molecular flexibility index (Phi) is 7.72. The SMILES string of the molecule is CCOC(=O)c1c(-c2ccc(OCC3CC3)cc2)c2cc(OCC(=O)O)ccc2n1Cc1cccc(OC)c1. The van der Waals surface area contributed by atoms with E-state index in [1.807, 2.05) is 59.2 Å². The molecule has 0 saturated heterocycles. The van der Waals surface area contributed by atoms with Crippen LogP contribution in [0.25, 0.3) is 22.0 Å². The van der Waals surface area contributed by atoms with Gasteiger partial charge in [0.25, 0.3) is 0 Å². The number of carboxylic acids is 1. The lowest BCUT2D eigenvalue weighted by Gasteiger charge is -2.13. The molecule has 1 aliphatic carbocycles. The summed E-state index contributed by atoms with van der Waals surface area (Å²) in [4.78, 5) is 24.6. The highest BCUT2D eigenvalue weighted by Crippen LogP contribution is 2.39. The molecule has 0 amide bonds. The van der Waals surface area contributed by atoms with E-state index in [2.05, 4.69) is 0 Å². The van der Waals surface area contributed by atoms with Crippen molar-refractivity contribution in [2.24, 2.45) is 5.92 Å². The summed E-state index contributed by atoms with van der Waals surface area (Å²) in [6, 6.07) is 20.7. The number of nitrogens with zero attached hydrogens (tertiary/aromatic N) is 1. The van der Waals surface area contributed by atoms with Crippen molar-refractivity contribution in [3.63, 3.8) is 0 Å². The molecule has 8 nitrogen and oxygen atoms in total. The van der Waals surface area contributed by atoms with Gasteiger partial charge in [0.15, 0.2) is 6.61 Å². The monoisotopic (exact) mass is 529 g/mol. The van der Waals surface area contributed by atoms with E-state index in [1.165, 1.54) is 12.8 Å². The Morgan fingerprint density at radius 1 is 0.949 bits per heavy atom. The molecular weight excluding hydrogens is 498 g/mol. The van der Waals surface area contributed by atoms with Gasteiger partial charge in [0.1, 0.15) is 22.9 Å². The third-order valence-corrected chi connectivity index (χ3v) is 6.67. The lowest BCUT2D eigenvalue weighted by atomic mass is 10.0. The molecule has 0 aliphatic heterocycles. The first-order chi connectivity index (χ1) is 19.0. The minimum atomic E-state index is -1.07. The minimum Gasteiger partial charge on any atom is -0.497 e. The summed E-state index contributed by atoms with van der Waals surface area (Å²) in [6.07, 6.45) is 2.42. The molecule has 0 atom stereocenters. The van der Waals surface area contributed by atoms with Crippen molar-refractivity contribution in [1.29, 1.82) is 0 Å². The van der Waals surface area contributed by atoms with Gasteiger partial charge in [0.05, 0.1) is 20.3 Å². The van der Waals surface area contributed by atoms with Gasteiger partial charge in [-0.3, -0.25) is 0 Å². The van der Waals surface area contributed by atoms with Crippen LogP contribution >= 0.6 is 0 Å². The van der Waals surface area contributed by atoms with Crippen LogP contribution in [0.1, 0.15) is 35.8 Å². The maximum atomic E-state index is 13.5. The predicted octanol–water partition coefficient (Wildman–Crippen LogP) is 5.79. The number of aliphatic carboxylic acids is 1. The predicted molar refractivity (Wildman–Crippen MR) is 147 cm³/mol. The van der Waals surface area contributed by atoms with Crippen molar-refractivity contribution >= 4 is 22.8 Å². The molecule has 8 heteroatoms. The number of carbonyl (C=O) groups excluding carboxylic acids is 1. The van der Waals surface area contributed by atoms with Crippen LogP contribution in [0.4, 0.5) is 0 Å². The quantitative estimate of drug-likeness (QED) is 0.232. The van der Waals surface area contributed by atoms with Crippen LogP contribution in [-0.4, -0.2) is 48.5 Å². The average Bonchev–Trinajstić information content (AvgIpc) is 3.73. The van der Waals surface area contributed by atoms with E-state index in [9.17, 15) is 9.59 Å². The highest BCUT2D eigenvalue weighted by Gasteiger charge is 2.26. The Morgan fingerprint density at radius 2 is 1.72 bits per heavy atom. The van der Waals surface area contributed by atoms with Crippen molar-refractivity contribution in [3.05, 3.63) is 78.0 Å². The first-order valence-corrected chi connectivity index (χ1v) is 13.0. The number of benzene rings is 3. The number of methoxy groups -OCH3 is 1. The van der Waals surface area contributed by atoms with Gasteiger partial charge in [-0.2, -0.15) is 0 Å². The molecule has 0 bridgehead atoms. The highest BCUT2D eigenvalue weighted by molar-refractivity contribution is 6.09. The van der Waals surface area contributed by atoms with Crippen molar-refractivity contribution in [2.45, 2.75) is 26.3 Å². The average molecular weight is 530 g/mol. The number of carbonyl (C=O) groups is 2. The van der Waals surface area contributed by atoms with Gasteiger partial charge < -0.3 is 28.6 Å². The third-order valence-electron chi connectivity index (χ3n) is 6.67. The van der Waals surface area contributed by atoms with E-state index in [4.69, 9.17) is 24.1 Å². The number of esters is 1. The zero-order valence-electron chi connectivity index (χ0n) is 22.0. The zero-order valence-corrected chi connectivity index (χ0v) is 22.0. The van der Waals surface area contributed by atoms with Crippen LogP contribution < -0.4 is 14.2 Å². The molecule has 4 aromatic rings. The van der Waals surface area contributed by atoms with Crippen LogP contribution in [0.15, 0.2) is 66.7 Å². The summed E-state index contributed by atoms with van der Waals surface area (Å²) in [6.45, 7) is 2.62. The van der Waals surface area contributed by atoms with Crippen molar-refractivity contribution < 1.29 is 33.6 Å². The molecule has 3 aromatic carbocycles. The van der Waals surface area contributed by atoms with E-state index in [1.54, 1.807) is 26.2 Å². The molecule has 202 valence electrons. The van der Waals surface area contributed by atoms with E-state index >= 15 is 0 Å². The van der Waals surface area contributed by atoms with E-state index in [-0.39, 0.29) is 6.61 Å². The normalized spacial score (nSPS) is 12.8. The molecule has 0 spiro atoms. The second-order valence-electron chi connectivity index (χ2n) is 9.52. The topological polar surface area (TPSA) is 96.2 Å². The Hall–Kier alpha value is -4.46. The summed E-state index contributed by atoms with van der Waals surface area (Å²) >= 11 is 0. The molecule has 0 unspecified atom stereocenters. The maximum Gasteiger partial charge on any atom is 0.355 e. The second kappa shape index (κ2) is 11.5. The third kappa shape index (κ3) is 6.00. The summed E-state index contributed by atoms with van der Waals surface area (Å²) in [5.41, 5.74) is 3.62. The molecular formula is C31H31NO7. The first kappa shape index (κ1) is 26.2. The molecule has 5 rings (SSSR count). The van der Waals surface area contributed by atoms with Crippen LogP contribution in [0.3, 0.4) is 0 Å². The summed E-state index contributed by atoms with van der Waals surface area (Å²) in [7, 11) is 1.61. The number of rotatable bonds is 12. The van der Waals surface area contributed by atoms with Crippen LogP contribution in [0, 0.1) is 5.92 Å². The van der Waals surface area contributed by atoms with Crippen LogP contribution in [0.2, 0.25) is 0 Å². The van der Waals surface area contributed by atoms with Gasteiger partial charge in [-0.1, -0.05) is 24.3 Å². The Balaban J connectivity index is 1.65. The van der Waals surface area contributed by atoms with Crippen molar-refractivity contribution in [1.82, 2.24) is 4.57 Å². The molecule has 0 radical (unpaired) electrons. The van der Waals surface area contributed by atoms with Gasteiger partial charge in [0, 0.05) is 23.0 Å². The summed E-state index contributed by atoms with van der Waals surface area (Å²) < 4.78 is 24.3. The summed E-state index contributed by atoms with van der Waals surface area (Å²) in [5, 5.41) is 9.85. The van der Waals surface area contributed by atoms with Gasteiger partial charge in [-0.05, 0) is 79.3 Å². The fraction of sp³-hybridized carbons (Fsp3) is 0.290. The smallest absolute Gasteiger partial charge is 0.355 e. The second-order valence-corrected chi connectivity index (χ2v) is 9.52. The first-order valence-electron chi connectivity index (χ1n) is 13.0. The minimum absolute atomic E-state index is 0.222. The fourth-order valence-electron chi connectivity index (χ4n) is 4.61. The Bertz CT molecular complexity index is 1490. The number of aromatic nitrogens is 1. The molecule has 1 aliphatic rings. The lowest BCUT2D eigenvalue weighted by molar-refractivity contribution is -0.139. The van der Waals surface area contributed by atoms with Crippen molar-refractivity contribution in [2.75, 3.05) is 26.9 Å². The van der Waals surface area contributed by atoms with Gasteiger partial charge in [-0.15, -0.1) is 0 Å². The zero-order chi connectivity index (χ0) is 27.4. The van der Waals surface area contributed by atoms with Crippen LogP contribution in [0.5, 0.6) is 17.2 Å². The lowest BCUT2D eigenvalue weighted by Crippen LogP contribution is -2.14. The molecule has 1 heterocycles. The standard InChI is InChI=1S/C31H31NO7/c1-3-37-31(35)30-29(22-9-11-23(12-10-22)38-18-20-7-8-20)26-16-25(39-19-28(33)34)13-14-27(26)32(30)17-21-5-4-6-24(15-21)36-2/h4-6,9-16,20H,3,7-8,17-19H2,1-2H3,(H,33,34). The van der Waals surface area contributed by atoms with E-state index < -0.39 is 18.5 Å². The Labute approximate surface area is 226 Å². The van der Waals surface area contributed by atoms with E-state index in [0.717, 1.165) is 27.8 Å². The number of hydrogen-bond donors (Lipinski definition) is 1. The molecule has 1 fully saturated rings. The molecule has 1 N–H and O–H groups in total. The van der Waals surface area contributed by atoms with Crippen LogP contribution in [-0.2, 0) is 16.1 Å². The maximum absolute atomic E-state index is 13.5. The fourth-order valence-corrected chi connectivity index (χ4v) is 4.61. The van der Waals surface area contributed by atoms with Crippen molar-refractivity contribution in [3.8, 4) is 28.4 Å². The number of fused-ring (bicyclic) bond motifs is 1. The molecule has 1 aromatic heterocycles. The largest absolute Gasteiger partial charge is 0.497 e. The number of hydrogen-bond acceptors (Lipinski definition) is 6. The van der Waals surface area contributed by atoms with Gasteiger partial charge >= 0.3 is 11.9 Å². The summed E-state index contributed by atoms with van der Waals surface area (Å²) in [5.74, 6) is 0.999. The van der Waals surface area contributed by atoms with E-state index in [0.29, 0.717) is 41.8 Å². The molecule has 1 saturated carbocycles. The Morgan fingerprint density at radius 3 is 2.41 bits per heavy atom. The van der Waals surface area contributed by atoms with Gasteiger partial charge in [0.2, 0.25) is 0 Å². The molecule has 39 heavy (non-hydrogen) atoms. The highest BCUT2D eigenvalue weighted by atomic mass is 16.5.